The summed E-state index contributed by atoms with van der Waals surface area (Å²) in [5.41, 5.74) is -0.510. The van der Waals surface area contributed by atoms with Gasteiger partial charge in [-0.3, -0.25) is 9.59 Å². The van der Waals surface area contributed by atoms with E-state index in [4.69, 9.17) is 4.74 Å². The van der Waals surface area contributed by atoms with Gasteiger partial charge in [0.1, 0.15) is 10.6 Å². The average Bonchev–Trinajstić information content (AvgIpc) is 3.29. The standard InChI is InChI=1S/C19H19F3N2O3S/c1-27-15-7-9-28-17(15)18(26)23-14(11-24-8-3-6-16(24)25)12-4-2-5-13(10-12)19(20,21)22/h2,4-5,7,9-10,14H,3,6,8,11H2,1H3,(H,23,26). The third kappa shape index (κ3) is 4.46. The van der Waals surface area contributed by atoms with Crippen LogP contribution < -0.4 is 10.1 Å². The highest BCUT2D eigenvalue weighted by Crippen LogP contribution is 2.32. The molecule has 0 radical (unpaired) electrons. The molecule has 5 nitrogen and oxygen atoms in total. The van der Waals surface area contributed by atoms with E-state index >= 15 is 0 Å². The summed E-state index contributed by atoms with van der Waals surface area (Å²) in [5, 5.41) is 4.46. The molecule has 1 saturated heterocycles. The van der Waals surface area contributed by atoms with Crippen LogP contribution in [-0.2, 0) is 11.0 Å². The minimum atomic E-state index is -4.50. The van der Waals surface area contributed by atoms with E-state index < -0.39 is 23.7 Å². The number of carbonyl (C=O) groups excluding carboxylic acids is 2. The largest absolute Gasteiger partial charge is 0.495 e. The first-order valence-corrected chi connectivity index (χ1v) is 9.55. The highest BCUT2D eigenvalue weighted by atomic mass is 32.1. The molecule has 0 spiro atoms. The summed E-state index contributed by atoms with van der Waals surface area (Å²) in [6.07, 6.45) is -3.39. The second kappa shape index (κ2) is 8.22. The number of hydrogen-bond acceptors (Lipinski definition) is 4. The van der Waals surface area contributed by atoms with Gasteiger partial charge in [0.15, 0.2) is 0 Å². The van der Waals surface area contributed by atoms with Crippen molar-refractivity contribution in [2.75, 3.05) is 20.2 Å². The molecule has 1 aliphatic rings. The van der Waals surface area contributed by atoms with Gasteiger partial charge < -0.3 is 15.0 Å². The second-order valence-corrected chi connectivity index (χ2v) is 7.33. The van der Waals surface area contributed by atoms with E-state index in [0.29, 0.717) is 35.6 Å². The molecular weight excluding hydrogens is 393 g/mol. The SMILES string of the molecule is COc1ccsc1C(=O)NC(CN1CCCC1=O)c1cccc(C(F)(F)F)c1. The molecule has 1 aromatic carbocycles. The van der Waals surface area contributed by atoms with Crippen molar-refractivity contribution < 1.29 is 27.5 Å². The second-order valence-electron chi connectivity index (χ2n) is 6.41. The van der Waals surface area contributed by atoms with Crippen LogP contribution in [0.5, 0.6) is 5.75 Å². The molecule has 1 unspecified atom stereocenters. The number of alkyl halides is 3. The zero-order valence-electron chi connectivity index (χ0n) is 15.1. The Balaban J connectivity index is 1.89. The molecule has 0 aliphatic carbocycles. The van der Waals surface area contributed by atoms with Crippen molar-refractivity contribution >= 4 is 23.2 Å². The molecule has 1 fully saturated rings. The predicted molar refractivity (Wildman–Crippen MR) is 98.3 cm³/mol. The Morgan fingerprint density at radius 3 is 2.79 bits per heavy atom. The molecule has 1 aromatic heterocycles. The van der Waals surface area contributed by atoms with Crippen molar-refractivity contribution in [3.05, 3.63) is 51.7 Å². The number of thiophene rings is 1. The first-order chi connectivity index (χ1) is 13.3. The maximum atomic E-state index is 13.1. The summed E-state index contributed by atoms with van der Waals surface area (Å²) in [7, 11) is 1.44. The molecule has 1 N–H and O–H groups in total. The molecule has 1 atom stereocenters. The lowest BCUT2D eigenvalue weighted by Gasteiger charge is -2.25. The van der Waals surface area contributed by atoms with Gasteiger partial charge in [-0.1, -0.05) is 12.1 Å². The third-order valence-corrected chi connectivity index (χ3v) is 5.45. The molecule has 9 heteroatoms. The zero-order valence-corrected chi connectivity index (χ0v) is 15.9. The summed E-state index contributed by atoms with van der Waals surface area (Å²) in [6, 6.07) is 5.68. The van der Waals surface area contributed by atoms with Crippen LogP contribution in [0.25, 0.3) is 0 Å². The van der Waals surface area contributed by atoms with Crippen LogP contribution in [0, 0.1) is 0 Å². The van der Waals surface area contributed by atoms with Gasteiger partial charge in [0, 0.05) is 19.5 Å². The Morgan fingerprint density at radius 2 is 2.14 bits per heavy atom. The Bertz CT molecular complexity index is 866. The zero-order chi connectivity index (χ0) is 20.3. The molecule has 2 heterocycles. The topological polar surface area (TPSA) is 58.6 Å². The van der Waals surface area contributed by atoms with E-state index in [1.807, 2.05) is 0 Å². The van der Waals surface area contributed by atoms with Crippen molar-refractivity contribution in [1.82, 2.24) is 10.2 Å². The first kappa shape index (κ1) is 20.2. The Labute approximate surface area is 164 Å². The number of hydrogen-bond donors (Lipinski definition) is 1. The van der Waals surface area contributed by atoms with Gasteiger partial charge in [0.25, 0.3) is 5.91 Å². The number of halogens is 3. The van der Waals surface area contributed by atoms with Crippen LogP contribution in [0.15, 0.2) is 35.7 Å². The maximum Gasteiger partial charge on any atom is 0.416 e. The number of ether oxygens (including phenoxy) is 1. The van der Waals surface area contributed by atoms with Gasteiger partial charge in [-0.15, -0.1) is 11.3 Å². The number of benzene rings is 1. The number of amides is 2. The van der Waals surface area contributed by atoms with E-state index in [1.54, 1.807) is 16.3 Å². The molecular formula is C19H19F3N2O3S. The van der Waals surface area contributed by atoms with E-state index in [9.17, 15) is 22.8 Å². The van der Waals surface area contributed by atoms with Gasteiger partial charge in [-0.2, -0.15) is 13.2 Å². The van der Waals surface area contributed by atoms with E-state index in [-0.39, 0.29) is 12.5 Å². The summed E-state index contributed by atoms with van der Waals surface area (Å²) in [4.78, 5) is 26.6. The fraction of sp³-hybridized carbons (Fsp3) is 0.368. The van der Waals surface area contributed by atoms with Crippen LogP contribution in [-0.4, -0.2) is 36.9 Å². The molecule has 0 saturated carbocycles. The quantitative estimate of drug-likeness (QED) is 0.784. The first-order valence-electron chi connectivity index (χ1n) is 8.67. The fourth-order valence-corrected chi connectivity index (χ4v) is 3.89. The molecule has 150 valence electrons. The Morgan fingerprint density at radius 1 is 1.36 bits per heavy atom. The summed E-state index contributed by atoms with van der Waals surface area (Å²) in [5.74, 6) is -0.136. The van der Waals surface area contributed by atoms with E-state index in [0.717, 1.165) is 12.1 Å². The third-order valence-electron chi connectivity index (χ3n) is 4.55. The molecule has 28 heavy (non-hydrogen) atoms. The van der Waals surface area contributed by atoms with Gasteiger partial charge in [-0.25, -0.2) is 0 Å². The molecule has 2 amide bonds. The van der Waals surface area contributed by atoms with Gasteiger partial charge in [0.2, 0.25) is 5.91 Å². The lowest BCUT2D eigenvalue weighted by molar-refractivity contribution is -0.137. The number of rotatable bonds is 6. The molecule has 2 aromatic rings. The van der Waals surface area contributed by atoms with Crippen molar-refractivity contribution in [2.24, 2.45) is 0 Å². The van der Waals surface area contributed by atoms with E-state index in [1.165, 1.54) is 30.6 Å². The highest BCUT2D eigenvalue weighted by Gasteiger charge is 2.32. The normalized spacial score (nSPS) is 15.6. The lowest BCUT2D eigenvalue weighted by atomic mass is 10.0. The van der Waals surface area contributed by atoms with Crippen LogP contribution in [0.1, 0.15) is 39.7 Å². The van der Waals surface area contributed by atoms with Crippen LogP contribution in [0.2, 0.25) is 0 Å². The average molecular weight is 412 g/mol. The fourth-order valence-electron chi connectivity index (χ4n) is 3.13. The number of nitrogens with one attached hydrogen (secondary N) is 1. The van der Waals surface area contributed by atoms with Gasteiger partial charge >= 0.3 is 6.18 Å². The minimum Gasteiger partial charge on any atom is -0.495 e. The molecule has 1 aliphatic heterocycles. The monoisotopic (exact) mass is 412 g/mol. The minimum absolute atomic E-state index is 0.0695. The van der Waals surface area contributed by atoms with Gasteiger partial charge in [-0.05, 0) is 35.6 Å². The Hall–Kier alpha value is -2.55. The summed E-state index contributed by atoms with van der Waals surface area (Å²) < 4.78 is 44.5. The lowest BCUT2D eigenvalue weighted by Crippen LogP contribution is -2.38. The summed E-state index contributed by atoms with van der Waals surface area (Å²) >= 11 is 1.17. The summed E-state index contributed by atoms with van der Waals surface area (Å²) in [6.45, 7) is 0.631. The number of carbonyl (C=O) groups is 2. The smallest absolute Gasteiger partial charge is 0.416 e. The number of methoxy groups -OCH3 is 1. The highest BCUT2D eigenvalue weighted by molar-refractivity contribution is 7.12. The maximum absolute atomic E-state index is 13.1. The van der Waals surface area contributed by atoms with Crippen LogP contribution in [0.4, 0.5) is 13.2 Å². The number of likely N-dealkylation sites (tertiary alicyclic amines) is 1. The Kier molecular flexibility index (Phi) is 5.93. The van der Waals surface area contributed by atoms with E-state index in [2.05, 4.69) is 5.32 Å². The van der Waals surface area contributed by atoms with Crippen molar-refractivity contribution in [2.45, 2.75) is 25.1 Å². The molecule has 3 rings (SSSR count). The van der Waals surface area contributed by atoms with Crippen molar-refractivity contribution in [3.63, 3.8) is 0 Å². The number of nitrogens with zero attached hydrogens (tertiary/aromatic N) is 1. The van der Waals surface area contributed by atoms with Crippen molar-refractivity contribution in [1.29, 1.82) is 0 Å². The van der Waals surface area contributed by atoms with Crippen LogP contribution in [0.3, 0.4) is 0 Å². The molecule has 0 bridgehead atoms. The van der Waals surface area contributed by atoms with Crippen molar-refractivity contribution in [3.8, 4) is 5.75 Å². The van der Waals surface area contributed by atoms with Gasteiger partial charge in [0.05, 0.1) is 18.7 Å². The van der Waals surface area contributed by atoms with Crippen LogP contribution >= 0.6 is 11.3 Å². The predicted octanol–water partition coefficient (Wildman–Crippen LogP) is 3.87.